The fourth-order valence-corrected chi connectivity index (χ4v) is 0.833. The lowest BCUT2D eigenvalue weighted by molar-refractivity contribution is 0.240. The van der Waals surface area contributed by atoms with Gasteiger partial charge in [0.15, 0.2) is 11.6 Å². The van der Waals surface area contributed by atoms with Crippen LogP contribution in [0, 0.1) is 5.82 Å². The maximum Gasteiger partial charge on any atom is 0.168 e. The molecule has 0 fully saturated rings. The van der Waals surface area contributed by atoms with Crippen LogP contribution in [0.5, 0.6) is 11.5 Å². The van der Waals surface area contributed by atoms with Crippen molar-refractivity contribution in [3.63, 3.8) is 0 Å². The number of hydrogen-bond acceptors (Lipinski definition) is 2. The van der Waals surface area contributed by atoms with Gasteiger partial charge in [-0.2, -0.15) is 0 Å². The molecule has 1 aromatic carbocycles. The third-order valence-electron chi connectivity index (χ3n) is 1.29. The summed E-state index contributed by atoms with van der Waals surface area (Å²) in [5.74, 6) is -0.584. The van der Waals surface area contributed by atoms with Crippen LogP contribution >= 0.6 is 0 Å². The highest BCUT2D eigenvalue weighted by atomic mass is 19.1. The molecule has 0 radical (unpaired) electrons. The van der Waals surface area contributed by atoms with E-state index in [1.807, 2.05) is 13.8 Å². The quantitative estimate of drug-likeness (QED) is 0.738. The molecular weight excluding hydrogens is 159 g/mol. The predicted octanol–water partition coefficient (Wildman–Crippen LogP) is 2.32. The first kappa shape index (κ1) is 8.84. The Morgan fingerprint density at radius 2 is 2.08 bits per heavy atom. The number of phenolic OH excluding ortho intramolecular Hbond substituents is 1. The molecule has 0 aliphatic carbocycles. The largest absolute Gasteiger partial charge is 0.505 e. The molecule has 0 amide bonds. The first-order chi connectivity index (χ1) is 5.59. The molecule has 1 N–H and O–H groups in total. The number of hydrogen-bond donors (Lipinski definition) is 1. The fourth-order valence-electron chi connectivity index (χ4n) is 0.833. The zero-order valence-corrected chi connectivity index (χ0v) is 7.04. The average molecular weight is 170 g/mol. The first-order valence-electron chi connectivity index (χ1n) is 3.75. The van der Waals surface area contributed by atoms with E-state index in [9.17, 15) is 4.39 Å². The average Bonchev–Trinajstić information content (AvgIpc) is 1.96. The lowest BCUT2D eigenvalue weighted by Gasteiger charge is -2.09. The van der Waals surface area contributed by atoms with Gasteiger partial charge in [-0.3, -0.25) is 0 Å². The summed E-state index contributed by atoms with van der Waals surface area (Å²) in [4.78, 5) is 0. The zero-order chi connectivity index (χ0) is 9.14. The number of phenols is 1. The summed E-state index contributed by atoms with van der Waals surface area (Å²) >= 11 is 0. The Morgan fingerprint density at radius 3 is 2.58 bits per heavy atom. The van der Waals surface area contributed by atoms with Crippen molar-refractivity contribution >= 4 is 0 Å². The van der Waals surface area contributed by atoms with Crippen LogP contribution in [-0.2, 0) is 0 Å². The topological polar surface area (TPSA) is 29.5 Å². The minimum atomic E-state index is -0.659. The fraction of sp³-hybridized carbons (Fsp3) is 0.333. The Labute approximate surface area is 70.6 Å². The number of ether oxygens (including phenoxy) is 1. The highest BCUT2D eigenvalue weighted by Gasteiger charge is 2.02. The summed E-state index contributed by atoms with van der Waals surface area (Å²) in [6, 6.07) is 3.96. The normalized spacial score (nSPS) is 10.3. The molecule has 0 aromatic heterocycles. The maximum atomic E-state index is 12.7. The molecule has 0 aliphatic rings. The van der Waals surface area contributed by atoms with Crippen LogP contribution in [0.3, 0.4) is 0 Å². The van der Waals surface area contributed by atoms with Gasteiger partial charge in [0, 0.05) is 6.07 Å². The second-order valence-corrected chi connectivity index (χ2v) is 2.78. The van der Waals surface area contributed by atoms with E-state index in [0.717, 1.165) is 6.07 Å². The van der Waals surface area contributed by atoms with Gasteiger partial charge in [0.25, 0.3) is 0 Å². The van der Waals surface area contributed by atoms with Crippen LogP contribution in [0.4, 0.5) is 4.39 Å². The lowest BCUT2D eigenvalue weighted by atomic mass is 10.3. The summed E-state index contributed by atoms with van der Waals surface area (Å²) in [6.45, 7) is 3.70. The van der Waals surface area contributed by atoms with Crippen molar-refractivity contribution < 1.29 is 14.2 Å². The van der Waals surface area contributed by atoms with Crippen LogP contribution in [-0.4, -0.2) is 11.2 Å². The maximum absolute atomic E-state index is 12.7. The molecule has 66 valence electrons. The van der Waals surface area contributed by atoms with Gasteiger partial charge >= 0.3 is 0 Å². The zero-order valence-electron chi connectivity index (χ0n) is 7.04. The van der Waals surface area contributed by atoms with E-state index in [1.54, 1.807) is 0 Å². The number of benzene rings is 1. The van der Waals surface area contributed by atoms with E-state index in [2.05, 4.69) is 0 Å². The Balaban J connectivity index is 2.82. The van der Waals surface area contributed by atoms with E-state index in [0.29, 0.717) is 5.75 Å². The minimum absolute atomic E-state index is 0.00828. The van der Waals surface area contributed by atoms with E-state index in [-0.39, 0.29) is 11.9 Å². The van der Waals surface area contributed by atoms with Gasteiger partial charge in [0.2, 0.25) is 0 Å². The van der Waals surface area contributed by atoms with Crippen molar-refractivity contribution in [1.82, 2.24) is 0 Å². The molecule has 3 heteroatoms. The third kappa shape index (κ3) is 2.12. The van der Waals surface area contributed by atoms with Crippen LogP contribution in [0.25, 0.3) is 0 Å². The third-order valence-corrected chi connectivity index (χ3v) is 1.29. The molecule has 2 nitrogen and oxygen atoms in total. The number of halogens is 1. The Morgan fingerprint density at radius 1 is 1.42 bits per heavy atom. The van der Waals surface area contributed by atoms with E-state index >= 15 is 0 Å². The van der Waals surface area contributed by atoms with Crippen molar-refractivity contribution in [2.24, 2.45) is 0 Å². The van der Waals surface area contributed by atoms with Crippen LogP contribution in [0.2, 0.25) is 0 Å². The van der Waals surface area contributed by atoms with Crippen molar-refractivity contribution in [1.29, 1.82) is 0 Å². The molecule has 0 spiro atoms. The van der Waals surface area contributed by atoms with Gasteiger partial charge in [0.1, 0.15) is 5.75 Å². The molecule has 0 saturated carbocycles. The second kappa shape index (κ2) is 3.43. The molecule has 0 saturated heterocycles. The Bertz CT molecular complexity index is 271. The smallest absolute Gasteiger partial charge is 0.168 e. The summed E-state index contributed by atoms with van der Waals surface area (Å²) in [5, 5.41) is 8.85. The molecule has 1 aromatic rings. The first-order valence-corrected chi connectivity index (χ1v) is 3.75. The van der Waals surface area contributed by atoms with E-state index in [4.69, 9.17) is 9.84 Å². The summed E-state index contributed by atoms with van der Waals surface area (Å²) in [6.07, 6.45) is 0.00828. The Kier molecular flexibility index (Phi) is 2.53. The van der Waals surface area contributed by atoms with Crippen LogP contribution in [0.15, 0.2) is 18.2 Å². The Hall–Kier alpha value is -1.25. The molecule has 0 aliphatic heterocycles. The van der Waals surface area contributed by atoms with Crippen molar-refractivity contribution in [3.05, 3.63) is 24.0 Å². The lowest BCUT2D eigenvalue weighted by Crippen LogP contribution is -2.05. The second-order valence-electron chi connectivity index (χ2n) is 2.78. The van der Waals surface area contributed by atoms with Gasteiger partial charge in [-0.25, -0.2) is 4.39 Å². The SMILES string of the molecule is CC(C)Oc1ccc(O)c(F)c1. The molecular formula is C9H11FO2. The molecule has 0 unspecified atom stereocenters. The summed E-state index contributed by atoms with van der Waals surface area (Å²) in [7, 11) is 0. The molecule has 0 atom stereocenters. The van der Waals surface area contributed by atoms with Crippen molar-refractivity contribution in [2.45, 2.75) is 20.0 Å². The van der Waals surface area contributed by atoms with Gasteiger partial charge in [-0.15, -0.1) is 0 Å². The van der Waals surface area contributed by atoms with Gasteiger partial charge in [-0.05, 0) is 26.0 Å². The van der Waals surface area contributed by atoms with Gasteiger partial charge in [-0.1, -0.05) is 0 Å². The van der Waals surface area contributed by atoms with Gasteiger partial charge in [0.05, 0.1) is 6.10 Å². The minimum Gasteiger partial charge on any atom is -0.505 e. The predicted molar refractivity (Wildman–Crippen MR) is 43.8 cm³/mol. The molecule has 0 heterocycles. The van der Waals surface area contributed by atoms with Crippen LogP contribution in [0.1, 0.15) is 13.8 Å². The monoisotopic (exact) mass is 170 g/mol. The molecule has 0 bridgehead atoms. The van der Waals surface area contributed by atoms with E-state index in [1.165, 1.54) is 12.1 Å². The molecule has 12 heavy (non-hydrogen) atoms. The van der Waals surface area contributed by atoms with Gasteiger partial charge < -0.3 is 9.84 Å². The molecule has 1 rings (SSSR count). The highest BCUT2D eigenvalue weighted by molar-refractivity contribution is 5.31. The highest BCUT2D eigenvalue weighted by Crippen LogP contribution is 2.21. The van der Waals surface area contributed by atoms with Crippen LogP contribution < -0.4 is 4.74 Å². The van der Waals surface area contributed by atoms with Crippen molar-refractivity contribution in [3.8, 4) is 11.5 Å². The standard InChI is InChI=1S/C9H11FO2/c1-6(2)12-7-3-4-9(11)8(10)5-7/h3-6,11H,1-2H3. The van der Waals surface area contributed by atoms with E-state index < -0.39 is 5.82 Å². The number of aromatic hydroxyl groups is 1. The van der Waals surface area contributed by atoms with Crippen molar-refractivity contribution in [2.75, 3.05) is 0 Å². The number of rotatable bonds is 2. The summed E-state index contributed by atoms with van der Waals surface area (Å²) < 4.78 is 17.9. The summed E-state index contributed by atoms with van der Waals surface area (Å²) in [5.41, 5.74) is 0.